The Bertz CT molecular complexity index is 820. The van der Waals surface area contributed by atoms with E-state index in [2.05, 4.69) is 10.2 Å². The van der Waals surface area contributed by atoms with Crippen molar-refractivity contribution in [2.45, 2.75) is 17.6 Å². The molecule has 7 heteroatoms. The fraction of sp³-hybridized carbons (Fsp3) is 0.118. The van der Waals surface area contributed by atoms with Crippen molar-refractivity contribution >= 4 is 17.7 Å². The maximum absolute atomic E-state index is 10.8. The molecule has 0 atom stereocenters. The highest BCUT2D eigenvalue weighted by atomic mass is 32.2. The number of para-hydroxylation sites is 1. The van der Waals surface area contributed by atoms with Crippen molar-refractivity contribution < 1.29 is 19.1 Å². The zero-order chi connectivity index (χ0) is 16.8. The van der Waals surface area contributed by atoms with Gasteiger partial charge in [0.2, 0.25) is 0 Å². The van der Waals surface area contributed by atoms with Crippen LogP contribution in [0.2, 0.25) is 0 Å². The van der Waals surface area contributed by atoms with Gasteiger partial charge in [0, 0.05) is 5.75 Å². The highest BCUT2D eigenvalue weighted by Crippen LogP contribution is 2.22. The number of aromatic carboxylic acids is 1. The van der Waals surface area contributed by atoms with Gasteiger partial charge in [-0.3, -0.25) is 0 Å². The van der Waals surface area contributed by atoms with Gasteiger partial charge in [-0.2, -0.15) is 0 Å². The molecule has 0 N–H and O–H groups in total. The molecule has 6 nitrogen and oxygen atoms in total. The summed E-state index contributed by atoms with van der Waals surface area (Å²) in [7, 11) is 0. The van der Waals surface area contributed by atoms with Crippen LogP contribution >= 0.6 is 11.8 Å². The SMILES string of the molecule is O=C([O-])c1cccc(CSc2nnc(COc3ccccc3)o2)c1. The third kappa shape index (κ3) is 4.36. The van der Waals surface area contributed by atoms with Crippen molar-refractivity contribution in [1.29, 1.82) is 0 Å². The Morgan fingerprint density at radius 2 is 1.96 bits per heavy atom. The average Bonchev–Trinajstić information content (AvgIpc) is 3.07. The number of benzene rings is 2. The monoisotopic (exact) mass is 341 g/mol. The van der Waals surface area contributed by atoms with Gasteiger partial charge in [0.15, 0.2) is 6.61 Å². The predicted octanol–water partition coefficient (Wildman–Crippen LogP) is 2.30. The van der Waals surface area contributed by atoms with Crippen molar-refractivity contribution in [3.8, 4) is 5.75 Å². The third-order valence-corrected chi connectivity index (χ3v) is 3.97. The van der Waals surface area contributed by atoms with Crippen LogP contribution in [-0.4, -0.2) is 16.2 Å². The first-order valence-corrected chi connectivity index (χ1v) is 8.12. The van der Waals surface area contributed by atoms with E-state index in [9.17, 15) is 9.90 Å². The number of carboxylic acids is 1. The fourth-order valence-electron chi connectivity index (χ4n) is 1.95. The smallest absolute Gasteiger partial charge is 0.277 e. The molecule has 3 aromatic rings. The molecule has 3 rings (SSSR count). The molecule has 0 bridgehead atoms. The number of nitrogens with zero attached hydrogens (tertiary/aromatic N) is 2. The summed E-state index contributed by atoms with van der Waals surface area (Å²) in [5, 5.41) is 19.1. The van der Waals surface area contributed by atoms with E-state index in [1.807, 2.05) is 36.4 Å². The normalized spacial score (nSPS) is 10.5. The minimum Gasteiger partial charge on any atom is -0.545 e. The van der Waals surface area contributed by atoms with E-state index in [0.717, 1.165) is 11.3 Å². The fourth-order valence-corrected chi connectivity index (χ4v) is 2.67. The van der Waals surface area contributed by atoms with Crippen molar-refractivity contribution in [3.63, 3.8) is 0 Å². The van der Waals surface area contributed by atoms with Gasteiger partial charge in [0.05, 0.1) is 5.97 Å². The number of carbonyl (C=O) groups is 1. The average molecular weight is 341 g/mol. The van der Waals surface area contributed by atoms with Crippen molar-refractivity contribution in [2.24, 2.45) is 0 Å². The zero-order valence-electron chi connectivity index (χ0n) is 12.5. The second kappa shape index (κ2) is 7.65. The molecular weight excluding hydrogens is 328 g/mol. The Hall–Kier alpha value is -2.80. The number of ether oxygens (including phenoxy) is 1. The lowest BCUT2D eigenvalue weighted by Crippen LogP contribution is -2.22. The molecule has 0 saturated carbocycles. The molecule has 0 amide bonds. The molecule has 2 aromatic carbocycles. The molecular formula is C17H13N2O4S-. The maximum atomic E-state index is 10.8. The summed E-state index contributed by atoms with van der Waals surface area (Å²) in [6, 6.07) is 15.9. The molecule has 1 aromatic heterocycles. The Balaban J connectivity index is 1.54. The molecule has 0 saturated heterocycles. The summed E-state index contributed by atoms with van der Waals surface area (Å²) in [6.07, 6.45) is 0. The number of hydrogen-bond donors (Lipinski definition) is 0. The summed E-state index contributed by atoms with van der Waals surface area (Å²) >= 11 is 1.33. The third-order valence-electron chi connectivity index (χ3n) is 3.08. The van der Waals surface area contributed by atoms with Gasteiger partial charge < -0.3 is 19.1 Å². The minimum atomic E-state index is -1.19. The molecule has 0 spiro atoms. The minimum absolute atomic E-state index is 0.149. The van der Waals surface area contributed by atoms with Crippen molar-refractivity contribution in [2.75, 3.05) is 0 Å². The summed E-state index contributed by atoms with van der Waals surface area (Å²) in [6.45, 7) is 0.192. The second-order valence-electron chi connectivity index (χ2n) is 4.84. The van der Waals surface area contributed by atoms with Gasteiger partial charge in [0.25, 0.3) is 11.1 Å². The number of carboxylic acid groups (broad SMARTS) is 1. The lowest BCUT2D eigenvalue weighted by atomic mass is 10.1. The molecule has 24 heavy (non-hydrogen) atoms. The highest BCUT2D eigenvalue weighted by molar-refractivity contribution is 7.98. The molecule has 1 heterocycles. The number of aromatic nitrogens is 2. The predicted molar refractivity (Wildman–Crippen MR) is 85.4 cm³/mol. The molecule has 122 valence electrons. The molecule has 0 fully saturated rings. The highest BCUT2D eigenvalue weighted by Gasteiger charge is 2.08. The Labute approximate surface area is 142 Å². The Morgan fingerprint density at radius 1 is 1.12 bits per heavy atom. The van der Waals surface area contributed by atoms with Crippen LogP contribution in [0.4, 0.5) is 0 Å². The van der Waals surface area contributed by atoms with Crippen LogP contribution in [-0.2, 0) is 12.4 Å². The summed E-state index contributed by atoms with van der Waals surface area (Å²) in [5.41, 5.74) is 0.984. The standard InChI is InChI=1S/C17H14N2O4S/c20-16(21)13-6-4-5-12(9-13)11-24-17-19-18-15(23-17)10-22-14-7-2-1-3-8-14/h1-9H,10-11H2,(H,20,21)/p-1. The van der Waals surface area contributed by atoms with Crippen molar-refractivity contribution in [3.05, 3.63) is 71.6 Å². The topological polar surface area (TPSA) is 88.3 Å². The summed E-state index contributed by atoms with van der Waals surface area (Å²) in [4.78, 5) is 10.8. The van der Waals surface area contributed by atoms with Gasteiger partial charge in [-0.05, 0) is 29.3 Å². The van der Waals surface area contributed by atoms with Gasteiger partial charge in [-0.15, -0.1) is 10.2 Å². The summed E-state index contributed by atoms with van der Waals surface area (Å²) in [5.74, 6) is 0.427. The first-order valence-electron chi connectivity index (χ1n) is 7.14. The van der Waals surface area contributed by atoms with Crippen LogP contribution in [0.15, 0.2) is 64.2 Å². The first-order chi connectivity index (χ1) is 11.7. The molecule has 0 aliphatic rings. The van der Waals surface area contributed by atoms with Crippen molar-refractivity contribution in [1.82, 2.24) is 10.2 Å². The van der Waals surface area contributed by atoms with E-state index < -0.39 is 5.97 Å². The lowest BCUT2D eigenvalue weighted by molar-refractivity contribution is -0.255. The second-order valence-corrected chi connectivity index (χ2v) is 5.77. The number of thioether (sulfide) groups is 1. The summed E-state index contributed by atoms with van der Waals surface area (Å²) < 4.78 is 11.0. The molecule has 0 unspecified atom stereocenters. The lowest BCUT2D eigenvalue weighted by Gasteiger charge is -2.04. The molecule has 0 radical (unpaired) electrons. The van der Waals surface area contributed by atoms with E-state index in [1.54, 1.807) is 12.1 Å². The van der Waals surface area contributed by atoms with Gasteiger partial charge in [0.1, 0.15) is 5.75 Å². The van der Waals surface area contributed by atoms with E-state index in [0.29, 0.717) is 16.9 Å². The quantitative estimate of drug-likeness (QED) is 0.609. The number of rotatable bonds is 7. The van der Waals surface area contributed by atoms with Crippen LogP contribution in [0.1, 0.15) is 21.8 Å². The van der Waals surface area contributed by atoms with E-state index >= 15 is 0 Å². The van der Waals surface area contributed by atoms with E-state index in [4.69, 9.17) is 9.15 Å². The molecule has 0 aliphatic carbocycles. The van der Waals surface area contributed by atoms with Crippen LogP contribution in [0.25, 0.3) is 0 Å². The van der Waals surface area contributed by atoms with Crippen LogP contribution in [0.5, 0.6) is 5.75 Å². The van der Waals surface area contributed by atoms with Gasteiger partial charge in [-0.25, -0.2) is 0 Å². The van der Waals surface area contributed by atoms with Crippen LogP contribution < -0.4 is 9.84 Å². The first kappa shape index (κ1) is 16.1. The number of hydrogen-bond acceptors (Lipinski definition) is 7. The van der Waals surface area contributed by atoms with E-state index in [1.165, 1.54) is 17.8 Å². The van der Waals surface area contributed by atoms with Crippen LogP contribution in [0, 0.1) is 0 Å². The Morgan fingerprint density at radius 3 is 2.75 bits per heavy atom. The zero-order valence-corrected chi connectivity index (χ0v) is 13.4. The maximum Gasteiger partial charge on any atom is 0.277 e. The van der Waals surface area contributed by atoms with Gasteiger partial charge in [-0.1, -0.05) is 48.2 Å². The van der Waals surface area contributed by atoms with Gasteiger partial charge >= 0.3 is 0 Å². The van der Waals surface area contributed by atoms with E-state index in [-0.39, 0.29) is 12.2 Å². The number of carbonyl (C=O) groups excluding carboxylic acids is 1. The van der Waals surface area contributed by atoms with Crippen LogP contribution in [0.3, 0.4) is 0 Å². The Kier molecular flexibility index (Phi) is 5.12. The largest absolute Gasteiger partial charge is 0.545 e. The molecule has 0 aliphatic heterocycles.